The van der Waals surface area contributed by atoms with Crippen LogP contribution in [0.2, 0.25) is 0 Å². The van der Waals surface area contributed by atoms with E-state index in [-0.39, 0.29) is 7.43 Å². The minimum atomic E-state index is 0. The number of hydrogen-bond donors (Lipinski definition) is 1. The van der Waals surface area contributed by atoms with Gasteiger partial charge in [-0.25, -0.2) is 0 Å². The summed E-state index contributed by atoms with van der Waals surface area (Å²) in [4.78, 5) is 5.06. The molecule has 0 bridgehead atoms. The van der Waals surface area contributed by atoms with Crippen molar-refractivity contribution in [3.8, 4) is 0 Å². The zero-order valence-corrected chi connectivity index (χ0v) is 5.89. The molecule has 0 aromatic carbocycles. The van der Waals surface area contributed by atoms with Crippen LogP contribution in [0.3, 0.4) is 0 Å². The molecule has 1 aliphatic rings. The number of hydroxylamine groups is 2. The van der Waals surface area contributed by atoms with Gasteiger partial charge in [0.15, 0.2) is 0 Å². The summed E-state index contributed by atoms with van der Waals surface area (Å²) in [7, 11) is 1.73. The van der Waals surface area contributed by atoms with Gasteiger partial charge in [-0.3, -0.25) is 0 Å². The molecule has 0 aliphatic carbocycles. The van der Waals surface area contributed by atoms with Crippen molar-refractivity contribution >= 4 is 0 Å². The topological polar surface area (TPSA) is 24.5 Å². The molecule has 1 saturated heterocycles. The van der Waals surface area contributed by atoms with Crippen LogP contribution in [0.1, 0.15) is 13.8 Å². The molecule has 62 valence electrons. The van der Waals surface area contributed by atoms with E-state index in [1.165, 1.54) is 6.42 Å². The highest BCUT2D eigenvalue weighted by atomic mass is 16.7. The van der Waals surface area contributed by atoms with Crippen LogP contribution in [0.15, 0.2) is 0 Å². The average Bonchev–Trinajstić information content (AvgIpc) is 2.13. The molecule has 0 radical (unpaired) electrons. The highest BCUT2D eigenvalue weighted by Gasteiger charge is 2.05. The molecule has 0 aromatic rings. The van der Waals surface area contributed by atoms with E-state index in [4.69, 9.17) is 4.84 Å². The Morgan fingerprint density at radius 2 is 2.10 bits per heavy atom. The Balaban J connectivity index is 0.000000810. The lowest BCUT2D eigenvalue weighted by molar-refractivity contribution is -0.126. The van der Waals surface area contributed by atoms with Gasteiger partial charge in [0.25, 0.3) is 0 Å². The molecule has 1 aliphatic heterocycles. The van der Waals surface area contributed by atoms with Crippen LogP contribution in [0.25, 0.3) is 0 Å². The van der Waals surface area contributed by atoms with Crippen molar-refractivity contribution < 1.29 is 4.84 Å². The molecule has 0 aromatic heterocycles. The fraction of sp³-hybridized carbons (Fsp3) is 1.00. The second kappa shape index (κ2) is 5.65. The first kappa shape index (κ1) is 9.88. The molecule has 0 spiro atoms. The maximum Gasteiger partial charge on any atom is 0.0575 e. The molecule has 10 heavy (non-hydrogen) atoms. The van der Waals surface area contributed by atoms with Crippen LogP contribution in [0.4, 0.5) is 0 Å². The summed E-state index contributed by atoms with van der Waals surface area (Å²) < 4.78 is 0. The first-order chi connectivity index (χ1) is 4.43. The first-order valence-corrected chi connectivity index (χ1v) is 3.43. The Bertz CT molecular complexity index is 70.0. The van der Waals surface area contributed by atoms with Crippen molar-refractivity contribution in [1.82, 2.24) is 10.4 Å². The fourth-order valence-electron chi connectivity index (χ4n) is 1.00. The van der Waals surface area contributed by atoms with E-state index in [0.29, 0.717) is 0 Å². The fourth-order valence-corrected chi connectivity index (χ4v) is 1.00. The average molecular weight is 146 g/mol. The predicted molar refractivity (Wildman–Crippen MR) is 42.8 cm³/mol. The van der Waals surface area contributed by atoms with Crippen molar-refractivity contribution in [1.29, 1.82) is 0 Å². The SMILES string of the molecule is C.CON1CCCNCC1. The van der Waals surface area contributed by atoms with Gasteiger partial charge in [0.1, 0.15) is 0 Å². The Hall–Kier alpha value is -0.120. The van der Waals surface area contributed by atoms with Gasteiger partial charge in [0, 0.05) is 19.6 Å². The van der Waals surface area contributed by atoms with E-state index in [2.05, 4.69) is 5.32 Å². The normalized spacial score (nSPS) is 21.3. The predicted octanol–water partition coefficient (Wildman–Crippen LogP) is 0.479. The van der Waals surface area contributed by atoms with Crippen molar-refractivity contribution in [2.75, 3.05) is 33.3 Å². The van der Waals surface area contributed by atoms with Gasteiger partial charge in [-0.05, 0) is 13.0 Å². The van der Waals surface area contributed by atoms with Crippen LogP contribution in [-0.2, 0) is 4.84 Å². The summed E-state index contributed by atoms with van der Waals surface area (Å²) in [6.07, 6.45) is 1.19. The molecular weight excluding hydrogens is 128 g/mol. The third kappa shape index (κ3) is 3.15. The molecule has 3 nitrogen and oxygen atoms in total. The highest BCUT2D eigenvalue weighted by molar-refractivity contribution is 4.58. The van der Waals surface area contributed by atoms with Crippen LogP contribution >= 0.6 is 0 Å². The molecule has 1 rings (SSSR count). The van der Waals surface area contributed by atoms with Gasteiger partial charge in [-0.1, -0.05) is 7.43 Å². The molecule has 1 N–H and O–H groups in total. The molecule has 0 unspecified atom stereocenters. The number of hydrogen-bond acceptors (Lipinski definition) is 3. The maximum atomic E-state index is 5.06. The van der Waals surface area contributed by atoms with E-state index < -0.39 is 0 Å². The molecule has 0 amide bonds. The summed E-state index contributed by atoms with van der Waals surface area (Å²) in [5.74, 6) is 0. The minimum Gasteiger partial charge on any atom is -0.315 e. The van der Waals surface area contributed by atoms with E-state index in [9.17, 15) is 0 Å². The van der Waals surface area contributed by atoms with Crippen molar-refractivity contribution in [2.45, 2.75) is 13.8 Å². The van der Waals surface area contributed by atoms with Gasteiger partial charge in [0.05, 0.1) is 7.11 Å². The standard InChI is InChI=1S/C6H14N2O.CH4/c1-9-8-5-2-3-7-4-6-8;/h7H,2-6H2,1H3;1H4. The van der Waals surface area contributed by atoms with Gasteiger partial charge >= 0.3 is 0 Å². The Labute approximate surface area is 63.3 Å². The number of nitrogens with one attached hydrogen (secondary N) is 1. The molecule has 1 heterocycles. The van der Waals surface area contributed by atoms with Crippen LogP contribution in [0, 0.1) is 0 Å². The van der Waals surface area contributed by atoms with E-state index in [0.717, 1.165) is 26.2 Å². The minimum absolute atomic E-state index is 0. The largest absolute Gasteiger partial charge is 0.315 e. The van der Waals surface area contributed by atoms with Crippen molar-refractivity contribution in [3.63, 3.8) is 0 Å². The van der Waals surface area contributed by atoms with Gasteiger partial charge in [0.2, 0.25) is 0 Å². The van der Waals surface area contributed by atoms with E-state index >= 15 is 0 Å². The second-order valence-corrected chi connectivity index (χ2v) is 2.22. The lowest BCUT2D eigenvalue weighted by atomic mass is 10.4. The Morgan fingerprint density at radius 3 is 2.80 bits per heavy atom. The van der Waals surface area contributed by atoms with E-state index in [1.807, 2.05) is 5.06 Å². The van der Waals surface area contributed by atoms with Gasteiger partial charge in [-0.2, -0.15) is 5.06 Å². The second-order valence-electron chi connectivity index (χ2n) is 2.22. The zero-order chi connectivity index (χ0) is 6.53. The third-order valence-corrected chi connectivity index (χ3v) is 1.56. The highest BCUT2D eigenvalue weighted by Crippen LogP contribution is 1.92. The molecule has 3 heteroatoms. The smallest absolute Gasteiger partial charge is 0.0575 e. The monoisotopic (exact) mass is 146 g/mol. The summed E-state index contributed by atoms with van der Waals surface area (Å²) in [6.45, 7) is 4.24. The Kier molecular flexibility index (Phi) is 5.58. The van der Waals surface area contributed by atoms with Crippen molar-refractivity contribution in [2.24, 2.45) is 0 Å². The lowest BCUT2D eigenvalue weighted by Crippen LogP contribution is -2.26. The van der Waals surface area contributed by atoms with Crippen molar-refractivity contribution in [3.05, 3.63) is 0 Å². The van der Waals surface area contributed by atoms with Crippen LogP contribution in [0.5, 0.6) is 0 Å². The van der Waals surface area contributed by atoms with Crippen LogP contribution in [-0.4, -0.2) is 38.4 Å². The zero-order valence-electron chi connectivity index (χ0n) is 5.89. The van der Waals surface area contributed by atoms with Gasteiger partial charge < -0.3 is 10.2 Å². The van der Waals surface area contributed by atoms with Crippen LogP contribution < -0.4 is 5.32 Å². The first-order valence-electron chi connectivity index (χ1n) is 3.43. The van der Waals surface area contributed by atoms with E-state index in [1.54, 1.807) is 7.11 Å². The van der Waals surface area contributed by atoms with Gasteiger partial charge in [-0.15, -0.1) is 0 Å². The quantitative estimate of drug-likeness (QED) is 0.582. The summed E-state index contributed by atoms with van der Waals surface area (Å²) >= 11 is 0. The molecule has 0 atom stereocenters. The lowest BCUT2D eigenvalue weighted by Gasteiger charge is -2.14. The molecular formula is C7H18N2O. The maximum absolute atomic E-state index is 5.06. The summed E-state index contributed by atoms with van der Waals surface area (Å²) in [6, 6.07) is 0. The summed E-state index contributed by atoms with van der Waals surface area (Å²) in [5.41, 5.74) is 0. The number of rotatable bonds is 1. The Morgan fingerprint density at radius 1 is 1.30 bits per heavy atom. The molecule has 0 saturated carbocycles. The third-order valence-electron chi connectivity index (χ3n) is 1.56. The molecule has 1 fully saturated rings. The summed E-state index contributed by atoms with van der Waals surface area (Å²) in [5, 5.41) is 5.28. The number of nitrogens with zero attached hydrogens (tertiary/aromatic N) is 1.